The van der Waals surface area contributed by atoms with Gasteiger partial charge in [0.1, 0.15) is 11.2 Å². The number of urea groups is 1. The number of anilines is 3. The van der Waals surface area contributed by atoms with Gasteiger partial charge in [0.25, 0.3) is 0 Å². The number of nitrogens with zero attached hydrogens (tertiary/aromatic N) is 4. The van der Waals surface area contributed by atoms with Gasteiger partial charge in [0.15, 0.2) is 0 Å². The van der Waals surface area contributed by atoms with Crippen LogP contribution in [0.4, 0.5) is 21.9 Å². The summed E-state index contributed by atoms with van der Waals surface area (Å²) in [5.41, 5.74) is 1.41. The molecule has 33 heavy (non-hydrogen) atoms. The normalized spacial score (nSPS) is 18.7. The highest BCUT2D eigenvalue weighted by molar-refractivity contribution is 6.29. The fourth-order valence-electron chi connectivity index (χ4n) is 4.34. The topological polar surface area (TPSA) is 73.4 Å². The molecule has 0 aromatic heterocycles. The van der Waals surface area contributed by atoms with Gasteiger partial charge >= 0.3 is 6.03 Å². The van der Waals surface area contributed by atoms with Gasteiger partial charge in [-0.2, -0.15) is 0 Å². The number of ether oxygens (including phenoxy) is 1. The lowest BCUT2D eigenvalue weighted by Gasteiger charge is -2.40. The second-order valence-corrected chi connectivity index (χ2v) is 8.79. The summed E-state index contributed by atoms with van der Waals surface area (Å²) >= 11 is 0. The number of piperazine rings is 1. The van der Waals surface area contributed by atoms with Crippen LogP contribution in [0, 0.1) is 5.41 Å². The van der Waals surface area contributed by atoms with E-state index in [0.717, 1.165) is 47.4 Å². The SMILES string of the molecule is CCN1C(=O)N(c2ccc(N3CCN(c4ccc(OC)cc4)CC3)cc2)C(=O)C(C)(C)C1=O. The first-order chi connectivity index (χ1) is 15.8. The van der Waals surface area contributed by atoms with Gasteiger partial charge in [-0.1, -0.05) is 0 Å². The van der Waals surface area contributed by atoms with Crippen molar-refractivity contribution in [3.63, 3.8) is 0 Å². The summed E-state index contributed by atoms with van der Waals surface area (Å²) in [5.74, 6) is -0.108. The Morgan fingerprint density at radius 3 is 1.67 bits per heavy atom. The van der Waals surface area contributed by atoms with Crippen molar-refractivity contribution in [2.75, 3.05) is 54.5 Å². The Bertz CT molecular complexity index is 1040. The Morgan fingerprint density at radius 1 is 0.758 bits per heavy atom. The lowest BCUT2D eigenvalue weighted by atomic mass is 9.87. The Hall–Kier alpha value is -3.55. The molecule has 4 rings (SSSR count). The molecular formula is C25H30N4O4. The Labute approximate surface area is 194 Å². The average Bonchev–Trinajstić information content (AvgIpc) is 2.84. The van der Waals surface area contributed by atoms with Crippen LogP contribution in [0.5, 0.6) is 5.75 Å². The van der Waals surface area contributed by atoms with E-state index in [1.807, 2.05) is 24.3 Å². The van der Waals surface area contributed by atoms with E-state index in [-0.39, 0.29) is 6.54 Å². The molecule has 174 valence electrons. The summed E-state index contributed by atoms with van der Waals surface area (Å²) in [7, 11) is 1.66. The molecule has 0 spiro atoms. The fraction of sp³-hybridized carbons (Fsp3) is 0.400. The summed E-state index contributed by atoms with van der Waals surface area (Å²) in [6, 6.07) is 14.9. The highest BCUT2D eigenvalue weighted by Crippen LogP contribution is 2.33. The van der Waals surface area contributed by atoms with E-state index >= 15 is 0 Å². The van der Waals surface area contributed by atoms with Gasteiger partial charge in [-0.05, 0) is 69.3 Å². The Balaban J connectivity index is 1.46. The molecule has 2 fully saturated rings. The van der Waals surface area contributed by atoms with Gasteiger partial charge in [0, 0.05) is 44.1 Å². The Morgan fingerprint density at radius 2 is 1.21 bits per heavy atom. The molecule has 2 aromatic carbocycles. The monoisotopic (exact) mass is 450 g/mol. The third-order valence-corrected chi connectivity index (χ3v) is 6.45. The summed E-state index contributed by atoms with van der Waals surface area (Å²) in [6.45, 7) is 8.58. The molecule has 0 saturated carbocycles. The molecule has 0 N–H and O–H groups in total. The van der Waals surface area contributed by atoms with Crippen LogP contribution < -0.4 is 19.4 Å². The van der Waals surface area contributed by atoms with E-state index in [2.05, 4.69) is 21.9 Å². The number of imide groups is 2. The zero-order chi connectivity index (χ0) is 23.8. The number of hydrogen-bond donors (Lipinski definition) is 0. The largest absolute Gasteiger partial charge is 0.497 e. The number of methoxy groups -OCH3 is 1. The van der Waals surface area contributed by atoms with E-state index < -0.39 is 23.3 Å². The molecule has 2 aromatic rings. The van der Waals surface area contributed by atoms with Crippen LogP contribution in [0.1, 0.15) is 20.8 Å². The molecular weight excluding hydrogens is 420 g/mol. The highest BCUT2D eigenvalue weighted by Gasteiger charge is 2.51. The van der Waals surface area contributed by atoms with Crippen molar-refractivity contribution >= 4 is 34.9 Å². The molecule has 4 amide bonds. The highest BCUT2D eigenvalue weighted by atomic mass is 16.5. The van der Waals surface area contributed by atoms with Crippen LogP contribution in [0.3, 0.4) is 0 Å². The molecule has 2 saturated heterocycles. The maximum absolute atomic E-state index is 13.0. The van der Waals surface area contributed by atoms with E-state index in [1.54, 1.807) is 40.0 Å². The Kier molecular flexibility index (Phi) is 6.01. The summed E-state index contributed by atoms with van der Waals surface area (Å²) < 4.78 is 5.24. The molecule has 0 unspecified atom stereocenters. The lowest BCUT2D eigenvalue weighted by Crippen LogP contribution is -2.63. The molecule has 0 atom stereocenters. The van der Waals surface area contributed by atoms with Crippen molar-refractivity contribution in [1.82, 2.24) is 4.90 Å². The molecule has 2 heterocycles. The number of rotatable bonds is 5. The lowest BCUT2D eigenvalue weighted by molar-refractivity contribution is -0.147. The third kappa shape index (κ3) is 4.01. The van der Waals surface area contributed by atoms with Gasteiger partial charge < -0.3 is 14.5 Å². The van der Waals surface area contributed by atoms with E-state index in [1.165, 1.54) is 5.69 Å². The van der Waals surface area contributed by atoms with Gasteiger partial charge in [-0.25, -0.2) is 9.69 Å². The molecule has 8 heteroatoms. The van der Waals surface area contributed by atoms with Crippen LogP contribution in [-0.2, 0) is 9.59 Å². The molecule has 0 aliphatic carbocycles. The van der Waals surface area contributed by atoms with E-state index in [4.69, 9.17) is 4.74 Å². The number of hydrogen-bond acceptors (Lipinski definition) is 6. The minimum absolute atomic E-state index is 0.224. The van der Waals surface area contributed by atoms with Crippen LogP contribution in [0.2, 0.25) is 0 Å². The first-order valence-electron chi connectivity index (χ1n) is 11.2. The van der Waals surface area contributed by atoms with Crippen LogP contribution in [0.15, 0.2) is 48.5 Å². The van der Waals surface area contributed by atoms with Gasteiger partial charge in [0.05, 0.1) is 12.8 Å². The minimum atomic E-state index is -1.28. The number of carbonyl (C=O) groups excluding carboxylic acids is 3. The quantitative estimate of drug-likeness (QED) is 0.651. The molecule has 0 radical (unpaired) electrons. The fourth-order valence-corrected chi connectivity index (χ4v) is 4.34. The van der Waals surface area contributed by atoms with Crippen molar-refractivity contribution in [1.29, 1.82) is 0 Å². The van der Waals surface area contributed by atoms with Crippen LogP contribution >= 0.6 is 0 Å². The van der Waals surface area contributed by atoms with E-state index in [9.17, 15) is 14.4 Å². The smallest absolute Gasteiger partial charge is 0.338 e. The molecule has 0 bridgehead atoms. The average molecular weight is 451 g/mol. The van der Waals surface area contributed by atoms with E-state index in [0.29, 0.717) is 5.69 Å². The molecule has 8 nitrogen and oxygen atoms in total. The van der Waals surface area contributed by atoms with Crippen molar-refractivity contribution in [3.05, 3.63) is 48.5 Å². The second-order valence-electron chi connectivity index (χ2n) is 8.79. The molecule has 2 aliphatic heterocycles. The van der Waals surface area contributed by atoms with Crippen LogP contribution in [-0.4, -0.2) is 62.6 Å². The summed E-state index contributed by atoms with van der Waals surface area (Å²) in [4.78, 5) is 45.2. The van der Waals surface area contributed by atoms with Gasteiger partial charge in [0.2, 0.25) is 11.8 Å². The number of carbonyl (C=O) groups is 3. The predicted octanol–water partition coefficient (Wildman–Crippen LogP) is 3.36. The van der Waals surface area contributed by atoms with Crippen molar-refractivity contribution in [3.8, 4) is 5.75 Å². The zero-order valence-electron chi connectivity index (χ0n) is 19.6. The van der Waals surface area contributed by atoms with Crippen molar-refractivity contribution in [2.45, 2.75) is 20.8 Å². The predicted molar refractivity (Wildman–Crippen MR) is 128 cm³/mol. The van der Waals surface area contributed by atoms with Gasteiger partial charge in [-0.15, -0.1) is 0 Å². The van der Waals surface area contributed by atoms with Crippen molar-refractivity contribution in [2.24, 2.45) is 5.41 Å². The maximum Gasteiger partial charge on any atom is 0.338 e. The number of amides is 4. The maximum atomic E-state index is 13.0. The number of barbiturate groups is 1. The van der Waals surface area contributed by atoms with Gasteiger partial charge in [-0.3, -0.25) is 14.5 Å². The first kappa shape index (κ1) is 22.6. The second kappa shape index (κ2) is 8.77. The minimum Gasteiger partial charge on any atom is -0.497 e. The standard InChI is InChI=1S/C25H30N4O4/c1-5-28-22(30)25(2,3)23(31)29(24(28)32)20-8-6-18(7-9-20)26-14-16-27(17-15-26)19-10-12-21(33-4)13-11-19/h6-13H,5,14-17H2,1-4H3. The molecule has 2 aliphatic rings. The number of benzene rings is 2. The third-order valence-electron chi connectivity index (χ3n) is 6.45. The van der Waals surface area contributed by atoms with Crippen molar-refractivity contribution < 1.29 is 19.1 Å². The first-order valence-corrected chi connectivity index (χ1v) is 11.2. The summed E-state index contributed by atoms with van der Waals surface area (Å²) in [6.07, 6.45) is 0. The van der Waals surface area contributed by atoms with Crippen LogP contribution in [0.25, 0.3) is 0 Å². The zero-order valence-corrected chi connectivity index (χ0v) is 19.6. The summed E-state index contributed by atoms with van der Waals surface area (Å²) in [5, 5.41) is 0.